The van der Waals surface area contributed by atoms with Crippen molar-refractivity contribution in [3.63, 3.8) is 0 Å². The largest absolute Gasteiger partial charge is 0.459 e. The lowest BCUT2D eigenvalue weighted by Crippen LogP contribution is -2.20. The van der Waals surface area contributed by atoms with Crippen LogP contribution in [0.5, 0.6) is 0 Å². The zero-order chi connectivity index (χ0) is 22.7. The van der Waals surface area contributed by atoms with Gasteiger partial charge in [0.05, 0.1) is 5.56 Å². The SMILES string of the molecule is CCc1ccc(C(=O)c2ccccc2)c(CC)c1[P+](=O)C(=O)c1c(C)cc(C)cc1C. The normalized spacial score (nSPS) is 11.3. The van der Waals surface area contributed by atoms with Gasteiger partial charge in [-0.2, -0.15) is 0 Å². The Bertz CT molecular complexity index is 1150. The van der Waals surface area contributed by atoms with Crippen molar-refractivity contribution < 1.29 is 14.2 Å². The Balaban J connectivity index is 2.17. The molecule has 158 valence electrons. The minimum atomic E-state index is -2.36. The molecule has 0 heterocycles. The Morgan fingerprint density at radius 2 is 1.45 bits per heavy atom. The number of rotatable bonds is 7. The van der Waals surface area contributed by atoms with Crippen molar-refractivity contribution in [2.45, 2.75) is 47.5 Å². The van der Waals surface area contributed by atoms with Crippen molar-refractivity contribution in [2.24, 2.45) is 0 Å². The van der Waals surface area contributed by atoms with E-state index >= 15 is 0 Å². The van der Waals surface area contributed by atoms with E-state index in [1.807, 2.05) is 77.1 Å². The van der Waals surface area contributed by atoms with Crippen LogP contribution in [-0.2, 0) is 17.4 Å². The van der Waals surface area contributed by atoms with Gasteiger partial charge in [-0.25, -0.2) is 4.79 Å². The lowest BCUT2D eigenvalue weighted by atomic mass is 9.94. The topological polar surface area (TPSA) is 51.2 Å². The van der Waals surface area contributed by atoms with E-state index in [0.29, 0.717) is 40.4 Å². The number of carbonyl (C=O) groups is 2. The molecule has 0 spiro atoms. The Morgan fingerprint density at radius 3 is 2.00 bits per heavy atom. The van der Waals surface area contributed by atoms with E-state index in [2.05, 4.69) is 0 Å². The lowest BCUT2D eigenvalue weighted by Gasteiger charge is -2.11. The third-order valence-corrected chi connectivity index (χ3v) is 7.22. The molecule has 0 radical (unpaired) electrons. The summed E-state index contributed by atoms with van der Waals surface area (Å²) in [5.41, 5.74) is 5.57. The maximum Gasteiger partial charge on any atom is 0.459 e. The summed E-state index contributed by atoms with van der Waals surface area (Å²) >= 11 is 0. The second-order valence-corrected chi connectivity index (χ2v) is 9.32. The highest BCUT2D eigenvalue weighted by atomic mass is 31.1. The summed E-state index contributed by atoms with van der Waals surface area (Å²) < 4.78 is 13.7. The van der Waals surface area contributed by atoms with Gasteiger partial charge in [-0.05, 0) is 44.7 Å². The molecule has 0 saturated carbocycles. The van der Waals surface area contributed by atoms with Crippen LogP contribution in [-0.4, -0.2) is 11.3 Å². The van der Waals surface area contributed by atoms with Crippen LogP contribution in [0.2, 0.25) is 0 Å². The average molecular weight is 431 g/mol. The van der Waals surface area contributed by atoms with Crippen LogP contribution in [0.4, 0.5) is 0 Å². The maximum atomic E-state index is 13.7. The summed E-state index contributed by atoms with van der Waals surface area (Å²) in [6, 6.07) is 16.6. The predicted octanol–water partition coefficient (Wildman–Crippen LogP) is 6.26. The Kier molecular flexibility index (Phi) is 6.97. The number of hydrogen-bond donors (Lipinski definition) is 0. The minimum Gasteiger partial charge on any atom is -0.289 e. The summed E-state index contributed by atoms with van der Waals surface area (Å²) in [4.78, 5) is 26.6. The minimum absolute atomic E-state index is 0.111. The molecule has 3 aromatic carbocycles. The van der Waals surface area contributed by atoms with Gasteiger partial charge in [-0.3, -0.25) is 4.79 Å². The molecule has 0 aliphatic heterocycles. The second kappa shape index (κ2) is 9.49. The Hall–Kier alpha value is -2.90. The molecule has 1 unspecified atom stereocenters. The van der Waals surface area contributed by atoms with E-state index in [4.69, 9.17) is 0 Å². The van der Waals surface area contributed by atoms with E-state index in [0.717, 1.165) is 22.3 Å². The Labute approximate surface area is 185 Å². The maximum absolute atomic E-state index is 13.7. The molecule has 0 aliphatic rings. The molecule has 0 N–H and O–H groups in total. The Morgan fingerprint density at radius 1 is 0.839 bits per heavy atom. The highest BCUT2D eigenvalue weighted by Gasteiger charge is 2.39. The first-order chi connectivity index (χ1) is 14.8. The summed E-state index contributed by atoms with van der Waals surface area (Å²) in [5.74, 6) is -0.111. The fourth-order valence-corrected chi connectivity index (χ4v) is 6.04. The van der Waals surface area contributed by atoms with Gasteiger partial charge in [-0.15, -0.1) is 0 Å². The molecule has 3 rings (SSSR count). The molecule has 0 saturated heterocycles. The number of hydrogen-bond acceptors (Lipinski definition) is 3. The van der Waals surface area contributed by atoms with Crippen molar-refractivity contribution in [3.05, 3.63) is 99.1 Å². The van der Waals surface area contributed by atoms with E-state index in [1.165, 1.54) is 0 Å². The van der Waals surface area contributed by atoms with Crippen LogP contribution in [0.25, 0.3) is 0 Å². The third-order valence-electron chi connectivity index (χ3n) is 5.66. The van der Waals surface area contributed by atoms with Crippen molar-refractivity contribution >= 4 is 24.4 Å². The molecule has 0 aromatic heterocycles. The number of benzene rings is 3. The first-order valence-electron chi connectivity index (χ1n) is 10.6. The molecule has 1 atom stereocenters. The van der Waals surface area contributed by atoms with Crippen LogP contribution in [0.15, 0.2) is 54.6 Å². The smallest absolute Gasteiger partial charge is 0.289 e. The number of aryl methyl sites for hydroxylation is 4. The molecule has 3 nitrogen and oxygen atoms in total. The van der Waals surface area contributed by atoms with Crippen molar-refractivity contribution in [2.75, 3.05) is 0 Å². The molecule has 0 fully saturated rings. The highest BCUT2D eigenvalue weighted by molar-refractivity contribution is 7.71. The van der Waals surface area contributed by atoms with Gasteiger partial charge in [-0.1, -0.05) is 78.6 Å². The van der Waals surface area contributed by atoms with Crippen LogP contribution < -0.4 is 5.30 Å². The molecule has 3 aromatic rings. The van der Waals surface area contributed by atoms with Gasteiger partial charge < -0.3 is 0 Å². The van der Waals surface area contributed by atoms with E-state index in [9.17, 15) is 14.2 Å². The molecular weight excluding hydrogens is 403 g/mol. The van der Waals surface area contributed by atoms with Gasteiger partial charge in [0, 0.05) is 22.3 Å². The molecular formula is C27H28O3P+. The van der Waals surface area contributed by atoms with Gasteiger partial charge in [0.1, 0.15) is 0 Å². The number of ketones is 1. The zero-order valence-electron chi connectivity index (χ0n) is 18.8. The molecule has 4 heteroatoms. The summed E-state index contributed by atoms with van der Waals surface area (Å²) in [6.07, 6.45) is 1.17. The van der Waals surface area contributed by atoms with E-state index in [-0.39, 0.29) is 11.3 Å². The molecule has 31 heavy (non-hydrogen) atoms. The van der Waals surface area contributed by atoms with Crippen LogP contribution in [0.3, 0.4) is 0 Å². The van der Waals surface area contributed by atoms with Crippen LogP contribution in [0.1, 0.15) is 67.9 Å². The highest BCUT2D eigenvalue weighted by Crippen LogP contribution is 2.34. The van der Waals surface area contributed by atoms with Gasteiger partial charge >= 0.3 is 13.3 Å². The van der Waals surface area contributed by atoms with Gasteiger partial charge in [0.15, 0.2) is 5.78 Å². The lowest BCUT2D eigenvalue weighted by molar-refractivity contribution is 0.103. The van der Waals surface area contributed by atoms with Gasteiger partial charge in [0.25, 0.3) is 0 Å². The average Bonchev–Trinajstić information content (AvgIpc) is 2.76. The summed E-state index contributed by atoms with van der Waals surface area (Å²) in [6.45, 7) is 9.67. The quantitative estimate of drug-likeness (QED) is 0.328. The fourth-order valence-electron chi connectivity index (χ4n) is 4.26. The van der Waals surface area contributed by atoms with Crippen molar-refractivity contribution in [1.29, 1.82) is 0 Å². The summed E-state index contributed by atoms with van der Waals surface area (Å²) in [7, 11) is -2.36. The van der Waals surface area contributed by atoms with E-state index in [1.54, 1.807) is 12.1 Å². The van der Waals surface area contributed by atoms with Gasteiger partial charge in [0.2, 0.25) is 5.30 Å². The molecule has 0 bridgehead atoms. The molecule has 0 aliphatic carbocycles. The zero-order valence-corrected chi connectivity index (χ0v) is 19.7. The van der Waals surface area contributed by atoms with Crippen LogP contribution in [0, 0.1) is 20.8 Å². The van der Waals surface area contributed by atoms with Crippen molar-refractivity contribution in [3.8, 4) is 0 Å². The third kappa shape index (κ3) is 4.43. The van der Waals surface area contributed by atoms with E-state index < -0.39 is 7.80 Å². The monoisotopic (exact) mass is 431 g/mol. The van der Waals surface area contributed by atoms with Crippen molar-refractivity contribution in [1.82, 2.24) is 0 Å². The number of carbonyl (C=O) groups excluding carboxylic acids is 2. The first kappa shape index (κ1) is 22.8. The molecule has 0 amide bonds. The standard InChI is InChI=1S/C27H28O3P/c1-6-20-13-14-23(25(28)21-11-9-8-10-12-21)22(7-2)26(20)31(30)27(29)24-18(4)15-17(3)16-19(24)5/h8-16H,6-7H2,1-5H3/q+1. The van der Waals surface area contributed by atoms with Crippen LogP contribution >= 0.6 is 7.80 Å². The summed E-state index contributed by atoms with van der Waals surface area (Å²) in [5, 5.41) is 0.533. The fraction of sp³-hybridized carbons (Fsp3) is 0.259. The predicted molar refractivity (Wildman–Crippen MR) is 127 cm³/mol. The second-order valence-electron chi connectivity index (χ2n) is 7.87. The first-order valence-corrected chi connectivity index (χ1v) is 11.9.